The molecular weight excluding hydrogens is 260 g/mol. The summed E-state index contributed by atoms with van der Waals surface area (Å²) in [6.07, 6.45) is 0.762. The molecule has 5 nitrogen and oxygen atoms in total. The van der Waals surface area contributed by atoms with E-state index in [0.717, 1.165) is 25.5 Å². The lowest BCUT2D eigenvalue weighted by Gasteiger charge is -2.20. The van der Waals surface area contributed by atoms with Crippen LogP contribution in [0.3, 0.4) is 0 Å². The molecule has 0 amide bonds. The molecule has 6 heteroatoms. The van der Waals surface area contributed by atoms with Gasteiger partial charge in [-0.05, 0) is 27.1 Å². The van der Waals surface area contributed by atoms with Crippen molar-refractivity contribution in [2.45, 2.75) is 12.5 Å². The molecule has 1 unspecified atom stereocenters. The molecule has 1 atom stereocenters. The Bertz CT molecular complexity index is 199. The highest BCUT2D eigenvalue weighted by molar-refractivity contribution is 8.93. The van der Waals surface area contributed by atoms with Crippen LogP contribution >= 0.6 is 17.0 Å². The highest BCUT2D eigenvalue weighted by Crippen LogP contribution is 1.89. The largest absolute Gasteiger partial charge is 0.389 e. The smallest absolute Gasteiger partial charge is 0.191 e. The van der Waals surface area contributed by atoms with E-state index in [2.05, 4.69) is 34.6 Å². The molecule has 0 radical (unpaired) electrons. The molecule has 0 aliphatic carbocycles. The molecule has 1 aliphatic rings. The fourth-order valence-corrected chi connectivity index (χ4v) is 1.25. The molecule has 0 aromatic heterocycles. The van der Waals surface area contributed by atoms with Crippen LogP contribution < -0.4 is 10.6 Å². The zero-order valence-electron chi connectivity index (χ0n) is 9.36. The molecule has 0 saturated heterocycles. The van der Waals surface area contributed by atoms with Crippen LogP contribution in [0.4, 0.5) is 0 Å². The predicted octanol–water partition coefficient (Wildman–Crippen LogP) is -0.574. The Morgan fingerprint density at radius 1 is 1.60 bits per heavy atom. The first kappa shape index (κ1) is 14.7. The van der Waals surface area contributed by atoms with Gasteiger partial charge in [0.1, 0.15) is 0 Å². The Labute approximate surface area is 102 Å². The zero-order valence-corrected chi connectivity index (χ0v) is 11.1. The minimum Gasteiger partial charge on any atom is -0.389 e. The molecule has 0 saturated carbocycles. The fraction of sp³-hybridized carbons (Fsp3) is 0.889. The minimum absolute atomic E-state index is 0. The lowest BCUT2D eigenvalue weighted by atomic mass is 10.3. The van der Waals surface area contributed by atoms with Gasteiger partial charge < -0.3 is 20.6 Å². The minimum atomic E-state index is -0.331. The van der Waals surface area contributed by atoms with Gasteiger partial charge in [0.15, 0.2) is 5.96 Å². The van der Waals surface area contributed by atoms with Gasteiger partial charge in [-0.15, -0.1) is 17.0 Å². The molecule has 0 fully saturated rings. The number of nitrogens with one attached hydrogen (secondary N) is 2. The highest BCUT2D eigenvalue weighted by atomic mass is 79.9. The SMILES string of the molecule is Br.CN(C)CCCNC1=NCC(O)CN1. The number of hydrogen-bond acceptors (Lipinski definition) is 5. The Morgan fingerprint density at radius 3 is 2.87 bits per heavy atom. The van der Waals surface area contributed by atoms with E-state index in [4.69, 9.17) is 5.11 Å². The second-order valence-corrected chi connectivity index (χ2v) is 3.81. The second kappa shape index (κ2) is 7.90. The molecule has 0 aromatic rings. The Kier molecular flexibility index (Phi) is 7.72. The van der Waals surface area contributed by atoms with Crippen molar-refractivity contribution in [3.05, 3.63) is 0 Å². The number of β-amino-alcohol motifs (C(OH)–C–C–N with tert-alkyl or cyclic N) is 1. The van der Waals surface area contributed by atoms with Crippen molar-refractivity contribution in [3.8, 4) is 0 Å². The summed E-state index contributed by atoms with van der Waals surface area (Å²) in [4.78, 5) is 6.31. The van der Waals surface area contributed by atoms with Crippen LogP contribution in [0.25, 0.3) is 0 Å². The molecule has 1 heterocycles. The lowest BCUT2D eigenvalue weighted by molar-refractivity contribution is 0.180. The van der Waals surface area contributed by atoms with Gasteiger partial charge in [-0.1, -0.05) is 0 Å². The van der Waals surface area contributed by atoms with Crippen molar-refractivity contribution in [3.63, 3.8) is 0 Å². The van der Waals surface area contributed by atoms with Crippen molar-refractivity contribution >= 4 is 22.9 Å². The predicted molar refractivity (Wildman–Crippen MR) is 67.8 cm³/mol. The van der Waals surface area contributed by atoms with Crippen LogP contribution in [0, 0.1) is 0 Å². The summed E-state index contributed by atoms with van der Waals surface area (Å²) in [5.74, 6) is 0.814. The van der Waals surface area contributed by atoms with Gasteiger partial charge in [-0.2, -0.15) is 0 Å². The summed E-state index contributed by atoms with van der Waals surface area (Å²) in [6, 6.07) is 0. The van der Waals surface area contributed by atoms with Crippen molar-refractivity contribution in [1.29, 1.82) is 0 Å². The van der Waals surface area contributed by atoms with Crippen molar-refractivity contribution in [1.82, 2.24) is 15.5 Å². The fourth-order valence-electron chi connectivity index (χ4n) is 1.25. The number of halogens is 1. The number of guanidine groups is 1. The summed E-state index contributed by atoms with van der Waals surface area (Å²) >= 11 is 0. The molecule has 1 rings (SSSR count). The average molecular weight is 281 g/mol. The third-order valence-electron chi connectivity index (χ3n) is 2.04. The summed E-state index contributed by atoms with van der Waals surface area (Å²) in [6.45, 7) is 3.09. The Morgan fingerprint density at radius 2 is 2.33 bits per heavy atom. The first-order valence-electron chi connectivity index (χ1n) is 5.03. The van der Waals surface area contributed by atoms with Crippen LogP contribution in [-0.4, -0.2) is 62.3 Å². The lowest BCUT2D eigenvalue weighted by Crippen LogP contribution is -2.46. The van der Waals surface area contributed by atoms with E-state index in [1.807, 2.05) is 0 Å². The maximum Gasteiger partial charge on any atom is 0.191 e. The van der Waals surface area contributed by atoms with E-state index in [0.29, 0.717) is 13.1 Å². The van der Waals surface area contributed by atoms with Gasteiger partial charge in [-0.25, -0.2) is 0 Å². The van der Waals surface area contributed by atoms with Gasteiger partial charge in [0.2, 0.25) is 0 Å². The highest BCUT2D eigenvalue weighted by Gasteiger charge is 2.10. The maximum atomic E-state index is 9.17. The normalized spacial score (nSPS) is 20.3. The van der Waals surface area contributed by atoms with E-state index < -0.39 is 0 Å². The van der Waals surface area contributed by atoms with Crippen molar-refractivity contribution in [2.75, 3.05) is 40.3 Å². The molecular formula is C9H21BrN4O. The summed E-state index contributed by atoms with van der Waals surface area (Å²) in [5.41, 5.74) is 0. The standard InChI is InChI=1S/C9H20N4O.BrH/c1-13(2)5-3-4-10-9-11-6-8(14)7-12-9;/h8,14H,3-7H2,1-2H3,(H2,10,11,12);1H. The van der Waals surface area contributed by atoms with E-state index >= 15 is 0 Å². The van der Waals surface area contributed by atoms with Crippen LogP contribution in [0.1, 0.15) is 6.42 Å². The molecule has 3 N–H and O–H groups in total. The maximum absolute atomic E-state index is 9.17. The second-order valence-electron chi connectivity index (χ2n) is 3.81. The summed E-state index contributed by atoms with van der Waals surface area (Å²) in [7, 11) is 4.12. The molecule has 0 bridgehead atoms. The van der Waals surface area contributed by atoms with Crippen molar-refractivity contribution in [2.24, 2.45) is 4.99 Å². The topological polar surface area (TPSA) is 59.9 Å². The number of nitrogens with zero attached hydrogens (tertiary/aromatic N) is 2. The molecule has 0 aromatic carbocycles. The van der Waals surface area contributed by atoms with E-state index in [-0.39, 0.29) is 23.1 Å². The van der Waals surface area contributed by atoms with Crippen LogP contribution in [0.15, 0.2) is 4.99 Å². The Hall–Kier alpha value is -0.330. The summed E-state index contributed by atoms with van der Waals surface area (Å²) in [5, 5.41) is 15.4. The molecule has 15 heavy (non-hydrogen) atoms. The number of aliphatic imine (C=N–C) groups is 1. The van der Waals surface area contributed by atoms with E-state index in [1.54, 1.807) is 0 Å². The van der Waals surface area contributed by atoms with Gasteiger partial charge in [-0.3, -0.25) is 4.99 Å². The van der Waals surface area contributed by atoms with Gasteiger partial charge >= 0.3 is 0 Å². The summed E-state index contributed by atoms with van der Waals surface area (Å²) < 4.78 is 0. The zero-order chi connectivity index (χ0) is 10.4. The average Bonchev–Trinajstić information content (AvgIpc) is 2.15. The van der Waals surface area contributed by atoms with Crippen LogP contribution in [0.5, 0.6) is 0 Å². The van der Waals surface area contributed by atoms with Gasteiger partial charge in [0.25, 0.3) is 0 Å². The molecule has 90 valence electrons. The number of hydrogen-bond donors (Lipinski definition) is 3. The van der Waals surface area contributed by atoms with Crippen LogP contribution in [-0.2, 0) is 0 Å². The number of aliphatic hydroxyl groups excluding tert-OH is 1. The molecule has 1 aliphatic heterocycles. The third kappa shape index (κ3) is 6.70. The van der Waals surface area contributed by atoms with Crippen molar-refractivity contribution < 1.29 is 5.11 Å². The quantitative estimate of drug-likeness (QED) is 0.604. The van der Waals surface area contributed by atoms with Gasteiger partial charge in [0.05, 0.1) is 12.6 Å². The molecule has 0 spiro atoms. The number of aliphatic hydroxyl groups is 1. The van der Waals surface area contributed by atoms with Crippen LogP contribution in [0.2, 0.25) is 0 Å². The van der Waals surface area contributed by atoms with E-state index in [9.17, 15) is 0 Å². The first-order valence-corrected chi connectivity index (χ1v) is 5.03. The number of rotatable bonds is 4. The van der Waals surface area contributed by atoms with Gasteiger partial charge in [0, 0.05) is 13.1 Å². The third-order valence-corrected chi connectivity index (χ3v) is 2.04. The first-order chi connectivity index (χ1) is 6.68. The Balaban J connectivity index is 0.00000196. The monoisotopic (exact) mass is 280 g/mol. The van der Waals surface area contributed by atoms with E-state index in [1.165, 1.54) is 0 Å².